The summed E-state index contributed by atoms with van der Waals surface area (Å²) < 4.78 is 10.7. The maximum atomic E-state index is 12.8. The van der Waals surface area contributed by atoms with E-state index in [-0.39, 0.29) is 12.1 Å². The molecule has 10 nitrogen and oxygen atoms in total. The lowest BCUT2D eigenvalue weighted by Crippen LogP contribution is -2.23. The third kappa shape index (κ3) is 3.28. The van der Waals surface area contributed by atoms with Gasteiger partial charge in [-0.2, -0.15) is 4.98 Å². The molecule has 0 N–H and O–H groups in total. The fourth-order valence-electron chi connectivity index (χ4n) is 5.47. The highest BCUT2D eigenvalue weighted by molar-refractivity contribution is 5.69. The van der Waals surface area contributed by atoms with E-state index in [4.69, 9.17) is 4.52 Å². The molecule has 0 spiro atoms. The molecule has 35 heavy (non-hydrogen) atoms. The lowest BCUT2D eigenvalue weighted by Gasteiger charge is -2.22. The zero-order chi connectivity index (χ0) is 23.7. The zero-order valence-corrected chi connectivity index (χ0v) is 19.4. The number of aromatic nitrogens is 7. The van der Waals surface area contributed by atoms with Gasteiger partial charge in [-0.1, -0.05) is 17.3 Å². The van der Waals surface area contributed by atoms with Crippen LogP contribution in [-0.4, -0.2) is 46.9 Å². The summed E-state index contributed by atoms with van der Waals surface area (Å²) in [5.41, 5.74) is 4.44. The van der Waals surface area contributed by atoms with Crippen molar-refractivity contribution in [2.75, 3.05) is 18.0 Å². The van der Waals surface area contributed by atoms with Crippen LogP contribution < -0.4 is 10.5 Å². The first-order valence-corrected chi connectivity index (χ1v) is 11.7. The molecule has 1 aromatic carbocycles. The van der Waals surface area contributed by atoms with Crippen molar-refractivity contribution in [1.82, 2.24) is 33.8 Å². The number of hydrogen-bond donors (Lipinski definition) is 0. The third-order valence-electron chi connectivity index (χ3n) is 7.36. The van der Waals surface area contributed by atoms with Crippen LogP contribution in [0.5, 0.6) is 0 Å². The Morgan fingerprint density at radius 2 is 1.89 bits per heavy atom. The largest absolute Gasteiger partial charge is 0.371 e. The Hall–Kier alpha value is -4.21. The molecule has 2 fully saturated rings. The number of rotatable bonds is 5. The van der Waals surface area contributed by atoms with Gasteiger partial charge in [0.05, 0.1) is 6.33 Å². The third-order valence-corrected chi connectivity index (χ3v) is 7.36. The van der Waals surface area contributed by atoms with Crippen LogP contribution in [0.25, 0.3) is 22.3 Å². The smallest absolute Gasteiger partial charge is 0.280 e. The number of piperidine rings is 1. The van der Waals surface area contributed by atoms with Gasteiger partial charge in [0, 0.05) is 51.2 Å². The van der Waals surface area contributed by atoms with Crippen molar-refractivity contribution in [2.24, 2.45) is 25.9 Å². The first-order chi connectivity index (χ1) is 17.0. The molecule has 0 bridgehead atoms. The van der Waals surface area contributed by atoms with E-state index >= 15 is 0 Å². The van der Waals surface area contributed by atoms with Gasteiger partial charge in [0.1, 0.15) is 12.9 Å². The van der Waals surface area contributed by atoms with Gasteiger partial charge < -0.3 is 18.6 Å². The minimum Gasteiger partial charge on any atom is -0.371 e. The van der Waals surface area contributed by atoms with Crippen LogP contribution in [0.1, 0.15) is 17.6 Å². The van der Waals surface area contributed by atoms with Crippen LogP contribution >= 0.6 is 0 Å². The van der Waals surface area contributed by atoms with Crippen LogP contribution in [0.15, 0.2) is 64.7 Å². The van der Waals surface area contributed by atoms with Crippen LogP contribution in [0.2, 0.25) is 0 Å². The first-order valence-electron chi connectivity index (χ1n) is 11.7. The second-order valence-electron chi connectivity index (χ2n) is 9.63. The van der Waals surface area contributed by atoms with Gasteiger partial charge in [-0.3, -0.25) is 9.36 Å². The topological polar surface area (TPSA) is 99.8 Å². The summed E-state index contributed by atoms with van der Waals surface area (Å²) in [4.78, 5) is 28.2. The van der Waals surface area contributed by atoms with E-state index in [1.165, 1.54) is 27.7 Å². The molecule has 1 saturated heterocycles. The molecule has 4 aromatic heterocycles. The molecule has 3 atom stereocenters. The Kier molecular flexibility index (Phi) is 4.26. The normalized spacial score (nSPS) is 21.1. The highest BCUT2D eigenvalue weighted by atomic mass is 16.5. The molecule has 5 aromatic rings. The number of benzene rings is 1. The maximum absolute atomic E-state index is 12.8. The number of aryl methyl sites for hydroxylation is 2. The number of fused-ring (bicyclic) bond motifs is 2. The van der Waals surface area contributed by atoms with Crippen LogP contribution in [0.4, 0.5) is 5.69 Å². The van der Waals surface area contributed by atoms with Gasteiger partial charge in [-0.05, 0) is 41.2 Å². The van der Waals surface area contributed by atoms with Gasteiger partial charge in [0.25, 0.3) is 5.56 Å². The summed E-state index contributed by atoms with van der Waals surface area (Å²) in [6.45, 7) is 2.16. The summed E-state index contributed by atoms with van der Waals surface area (Å²) in [7, 11) is 3.82. The van der Waals surface area contributed by atoms with E-state index in [9.17, 15) is 4.79 Å². The summed E-state index contributed by atoms with van der Waals surface area (Å²) in [5, 5.41) is 4.25. The zero-order valence-electron chi connectivity index (χ0n) is 19.4. The molecule has 2 aliphatic rings. The van der Waals surface area contributed by atoms with E-state index < -0.39 is 0 Å². The molecule has 1 aliphatic heterocycles. The van der Waals surface area contributed by atoms with Gasteiger partial charge in [0.2, 0.25) is 5.89 Å². The molecule has 0 radical (unpaired) electrons. The highest BCUT2D eigenvalue weighted by Crippen LogP contribution is 2.58. The minimum atomic E-state index is -0.175. The Morgan fingerprint density at radius 1 is 1.06 bits per heavy atom. The van der Waals surface area contributed by atoms with Crippen LogP contribution in [-0.2, 0) is 20.6 Å². The van der Waals surface area contributed by atoms with Gasteiger partial charge in [0.15, 0.2) is 17.0 Å². The van der Waals surface area contributed by atoms with E-state index in [0.29, 0.717) is 34.8 Å². The highest BCUT2D eigenvalue weighted by Gasteiger charge is 2.58. The monoisotopic (exact) mass is 468 g/mol. The summed E-state index contributed by atoms with van der Waals surface area (Å²) >= 11 is 0. The van der Waals surface area contributed by atoms with E-state index in [1.807, 2.05) is 7.05 Å². The molecular weight excluding hydrogens is 444 g/mol. The Morgan fingerprint density at radius 3 is 2.69 bits per heavy atom. The molecule has 176 valence electrons. The average Bonchev–Trinajstić information content (AvgIpc) is 3.43. The second-order valence-corrected chi connectivity index (χ2v) is 9.63. The molecule has 1 aliphatic carbocycles. The SMILES string of the molecule is Cn1ccc(-c2cccc(N3C[C@@H]4C(c5noc(Cn6cnc7ncn(C)c7c6=O)n5)[C@@H]4C3)c2)c1. The lowest BCUT2D eigenvalue weighted by molar-refractivity contribution is 0.363. The quantitative estimate of drug-likeness (QED) is 0.391. The fourth-order valence-corrected chi connectivity index (χ4v) is 5.47. The fraction of sp³-hybridized carbons (Fsp3) is 0.320. The molecule has 7 rings (SSSR count). The van der Waals surface area contributed by atoms with E-state index in [2.05, 4.69) is 72.3 Å². The van der Waals surface area contributed by atoms with E-state index in [1.54, 1.807) is 17.9 Å². The maximum Gasteiger partial charge on any atom is 0.280 e. The van der Waals surface area contributed by atoms with Crippen molar-refractivity contribution in [2.45, 2.75) is 12.5 Å². The lowest BCUT2D eigenvalue weighted by atomic mass is 10.1. The van der Waals surface area contributed by atoms with Crippen molar-refractivity contribution < 1.29 is 4.52 Å². The molecular formula is C25H24N8O2. The summed E-state index contributed by atoms with van der Waals surface area (Å²) in [6, 6.07) is 10.9. The first kappa shape index (κ1) is 20.2. The summed E-state index contributed by atoms with van der Waals surface area (Å²) in [6.07, 6.45) is 7.28. The molecule has 0 amide bonds. The van der Waals surface area contributed by atoms with Gasteiger partial charge >= 0.3 is 0 Å². The molecule has 1 unspecified atom stereocenters. The van der Waals surface area contributed by atoms with Crippen LogP contribution in [0.3, 0.4) is 0 Å². The molecule has 5 heterocycles. The van der Waals surface area contributed by atoms with Gasteiger partial charge in [-0.15, -0.1) is 0 Å². The Labute approximate surface area is 200 Å². The number of nitrogens with zero attached hydrogens (tertiary/aromatic N) is 8. The van der Waals surface area contributed by atoms with Crippen molar-refractivity contribution in [3.8, 4) is 11.1 Å². The molecule has 1 saturated carbocycles. The van der Waals surface area contributed by atoms with Gasteiger partial charge in [-0.25, -0.2) is 9.97 Å². The number of hydrogen-bond acceptors (Lipinski definition) is 7. The van der Waals surface area contributed by atoms with Crippen LogP contribution in [0, 0.1) is 11.8 Å². The van der Waals surface area contributed by atoms with Crippen molar-refractivity contribution in [3.05, 3.63) is 77.4 Å². The Bertz CT molecular complexity index is 1610. The number of imidazole rings is 1. The Balaban J connectivity index is 1.04. The number of anilines is 1. The van der Waals surface area contributed by atoms with Crippen molar-refractivity contribution >= 4 is 16.9 Å². The second kappa shape index (κ2) is 7.39. The molecule has 10 heteroatoms. The minimum absolute atomic E-state index is 0.175. The van der Waals surface area contributed by atoms with E-state index in [0.717, 1.165) is 18.9 Å². The average molecular weight is 469 g/mol. The predicted octanol–water partition coefficient (Wildman–Crippen LogP) is 2.42. The standard InChI is InChI=1S/C25H24N8O2/c1-30-7-6-16(9-30)15-4-3-5-17(8-15)32-10-18-19(11-32)21(18)23-28-20(35-29-23)12-33-14-27-24-22(25(33)34)31(2)13-26-24/h3-9,13-14,18-19,21H,10-12H2,1-2H3/t18-,19+,21?. The predicted molar refractivity (Wildman–Crippen MR) is 129 cm³/mol. The van der Waals surface area contributed by atoms with Crippen molar-refractivity contribution in [1.29, 1.82) is 0 Å². The van der Waals surface area contributed by atoms with Crippen molar-refractivity contribution in [3.63, 3.8) is 0 Å². The summed E-state index contributed by atoms with van der Waals surface area (Å²) in [5.74, 6) is 2.53.